The Labute approximate surface area is 117 Å². The van der Waals surface area contributed by atoms with Gasteiger partial charge in [-0.15, -0.1) is 0 Å². The summed E-state index contributed by atoms with van der Waals surface area (Å²) in [4.78, 5) is 11.2. The first-order valence-corrected chi connectivity index (χ1v) is 6.50. The Morgan fingerprint density at radius 1 is 1.26 bits per heavy atom. The van der Waals surface area contributed by atoms with Crippen molar-refractivity contribution >= 4 is 32.8 Å². The first kappa shape index (κ1) is 12.0. The number of halogens is 1. The Kier molecular flexibility index (Phi) is 2.91. The van der Waals surface area contributed by atoms with Gasteiger partial charge in [0.25, 0.3) is 0 Å². The maximum absolute atomic E-state index is 11.2. The number of carboxylic acids is 1. The topological polar surface area (TPSA) is 55.4 Å². The molecule has 0 radical (unpaired) electrons. The average Bonchev–Trinajstić information content (AvgIpc) is 2.97. The Balaban J connectivity index is 2.06. The van der Waals surface area contributed by atoms with E-state index in [1.54, 1.807) is 12.1 Å². The molecule has 3 rings (SSSR count). The molecule has 2 heterocycles. The molecule has 0 aliphatic carbocycles. The lowest BCUT2D eigenvalue weighted by Crippen LogP contribution is -1.99. The van der Waals surface area contributed by atoms with E-state index in [-0.39, 0.29) is 0 Å². The third kappa shape index (κ3) is 2.17. The van der Waals surface area contributed by atoms with Crippen molar-refractivity contribution in [2.24, 2.45) is 0 Å². The number of aromatic nitrogens is 1. The van der Waals surface area contributed by atoms with Gasteiger partial charge in [0.2, 0.25) is 0 Å². The monoisotopic (exact) mass is 319 g/mol. The molecule has 0 aliphatic rings. The Morgan fingerprint density at radius 3 is 2.79 bits per heavy atom. The quantitative estimate of drug-likeness (QED) is 0.800. The van der Waals surface area contributed by atoms with Crippen LogP contribution in [0.25, 0.3) is 10.9 Å². The molecule has 0 saturated heterocycles. The molecule has 96 valence electrons. The van der Waals surface area contributed by atoms with Gasteiger partial charge in [0.1, 0.15) is 5.76 Å². The van der Waals surface area contributed by atoms with Crippen LogP contribution in [0.15, 0.2) is 51.7 Å². The second-order valence-electron chi connectivity index (χ2n) is 4.19. The molecule has 2 aromatic heterocycles. The molecule has 0 amide bonds. The predicted octanol–water partition coefficient (Wildman–Crippen LogP) is 3.74. The lowest BCUT2D eigenvalue weighted by Gasteiger charge is -2.03. The number of aromatic carboxylic acids is 1. The molecule has 19 heavy (non-hydrogen) atoms. The van der Waals surface area contributed by atoms with Crippen LogP contribution in [-0.2, 0) is 6.54 Å². The normalized spacial score (nSPS) is 11.0. The summed E-state index contributed by atoms with van der Waals surface area (Å²) in [6, 6.07) is 10.8. The molecule has 3 aromatic rings. The fourth-order valence-electron chi connectivity index (χ4n) is 2.15. The molecule has 4 nitrogen and oxygen atoms in total. The summed E-state index contributed by atoms with van der Waals surface area (Å²) in [5, 5.41) is 9.89. The summed E-state index contributed by atoms with van der Waals surface area (Å²) in [6.45, 7) is 0.568. The number of furan rings is 1. The van der Waals surface area contributed by atoms with Crippen LogP contribution in [0, 0.1) is 0 Å². The fraction of sp³-hybridized carbons (Fsp3) is 0.0714. The van der Waals surface area contributed by atoms with E-state index in [4.69, 9.17) is 9.52 Å². The summed E-state index contributed by atoms with van der Waals surface area (Å²) < 4.78 is 8.11. The minimum Gasteiger partial charge on any atom is -0.478 e. The van der Waals surface area contributed by atoms with Gasteiger partial charge >= 0.3 is 5.97 Å². The number of carboxylic acid groups (broad SMARTS) is 1. The van der Waals surface area contributed by atoms with E-state index in [1.807, 2.05) is 35.0 Å². The highest BCUT2D eigenvalue weighted by Crippen LogP contribution is 2.22. The van der Waals surface area contributed by atoms with Crippen molar-refractivity contribution in [1.29, 1.82) is 0 Å². The van der Waals surface area contributed by atoms with E-state index in [0.717, 1.165) is 16.7 Å². The van der Waals surface area contributed by atoms with E-state index in [0.29, 0.717) is 16.8 Å². The zero-order valence-corrected chi connectivity index (χ0v) is 11.4. The predicted molar refractivity (Wildman–Crippen MR) is 74.4 cm³/mol. The molecular formula is C14H10BrNO3. The maximum atomic E-state index is 11.2. The van der Waals surface area contributed by atoms with E-state index in [1.165, 1.54) is 0 Å². The summed E-state index contributed by atoms with van der Waals surface area (Å²) in [7, 11) is 0. The summed E-state index contributed by atoms with van der Waals surface area (Å²) >= 11 is 3.26. The van der Waals surface area contributed by atoms with Crippen LogP contribution in [0.1, 0.15) is 16.1 Å². The van der Waals surface area contributed by atoms with Crippen molar-refractivity contribution in [3.63, 3.8) is 0 Å². The fourth-order valence-corrected chi connectivity index (χ4v) is 2.49. The van der Waals surface area contributed by atoms with Gasteiger partial charge in [-0.2, -0.15) is 0 Å². The van der Waals surface area contributed by atoms with E-state index < -0.39 is 5.97 Å². The molecule has 0 spiro atoms. The minimum absolute atomic E-state index is 0.317. The van der Waals surface area contributed by atoms with Crippen LogP contribution in [0.4, 0.5) is 0 Å². The molecule has 0 atom stereocenters. The van der Waals surface area contributed by atoms with Gasteiger partial charge in [0.05, 0.1) is 12.1 Å². The first-order valence-electron chi connectivity index (χ1n) is 5.70. The SMILES string of the molecule is O=C(O)c1cccc2c1ccn2Cc1ccc(Br)o1. The van der Waals surface area contributed by atoms with Gasteiger partial charge in [-0.3, -0.25) is 0 Å². The second-order valence-corrected chi connectivity index (χ2v) is 4.97. The Bertz CT molecular complexity index is 757. The number of rotatable bonds is 3. The lowest BCUT2D eigenvalue weighted by molar-refractivity contribution is 0.0699. The highest BCUT2D eigenvalue weighted by molar-refractivity contribution is 9.10. The number of hydrogen-bond donors (Lipinski definition) is 1. The van der Waals surface area contributed by atoms with Crippen molar-refractivity contribution in [1.82, 2.24) is 4.57 Å². The number of fused-ring (bicyclic) bond motifs is 1. The van der Waals surface area contributed by atoms with Gasteiger partial charge < -0.3 is 14.1 Å². The van der Waals surface area contributed by atoms with Gasteiger partial charge in [-0.1, -0.05) is 6.07 Å². The number of nitrogens with zero attached hydrogens (tertiary/aromatic N) is 1. The largest absolute Gasteiger partial charge is 0.478 e. The van der Waals surface area contributed by atoms with Crippen molar-refractivity contribution in [3.8, 4) is 0 Å². The molecule has 1 aromatic carbocycles. The molecule has 0 aliphatic heterocycles. The molecule has 0 unspecified atom stereocenters. The Hall–Kier alpha value is -2.01. The highest BCUT2D eigenvalue weighted by atomic mass is 79.9. The van der Waals surface area contributed by atoms with Gasteiger partial charge in [0.15, 0.2) is 4.67 Å². The van der Waals surface area contributed by atoms with Crippen molar-refractivity contribution in [3.05, 3.63) is 58.6 Å². The number of hydrogen-bond acceptors (Lipinski definition) is 2. The molecule has 5 heteroatoms. The van der Waals surface area contributed by atoms with Crippen LogP contribution in [-0.4, -0.2) is 15.6 Å². The summed E-state index contributed by atoms with van der Waals surface area (Å²) in [6.07, 6.45) is 1.87. The van der Waals surface area contributed by atoms with E-state index in [9.17, 15) is 4.79 Å². The van der Waals surface area contributed by atoms with Crippen molar-refractivity contribution in [2.75, 3.05) is 0 Å². The van der Waals surface area contributed by atoms with Crippen LogP contribution in [0.3, 0.4) is 0 Å². The van der Waals surface area contributed by atoms with Crippen LogP contribution >= 0.6 is 15.9 Å². The minimum atomic E-state index is -0.913. The standard InChI is InChI=1S/C14H10BrNO3/c15-13-5-4-9(19-13)8-16-7-6-10-11(14(17)18)2-1-3-12(10)16/h1-7H,8H2,(H,17,18). The zero-order chi connectivity index (χ0) is 13.4. The second kappa shape index (κ2) is 4.59. The molecule has 0 bridgehead atoms. The van der Waals surface area contributed by atoms with E-state index in [2.05, 4.69) is 15.9 Å². The summed E-state index contributed by atoms with van der Waals surface area (Å²) in [5.74, 6) is -0.103. The van der Waals surface area contributed by atoms with Crippen molar-refractivity contribution < 1.29 is 14.3 Å². The Morgan fingerprint density at radius 2 is 2.11 bits per heavy atom. The van der Waals surface area contributed by atoms with Gasteiger partial charge in [0, 0.05) is 17.1 Å². The number of carbonyl (C=O) groups is 1. The highest BCUT2D eigenvalue weighted by Gasteiger charge is 2.11. The van der Waals surface area contributed by atoms with Crippen LogP contribution < -0.4 is 0 Å². The lowest BCUT2D eigenvalue weighted by atomic mass is 10.1. The molecule has 0 saturated carbocycles. The third-order valence-corrected chi connectivity index (χ3v) is 3.43. The first-order chi connectivity index (χ1) is 9.15. The van der Waals surface area contributed by atoms with Crippen molar-refractivity contribution in [2.45, 2.75) is 6.54 Å². The molecular weight excluding hydrogens is 310 g/mol. The average molecular weight is 320 g/mol. The smallest absolute Gasteiger partial charge is 0.336 e. The van der Waals surface area contributed by atoms with Crippen LogP contribution in [0.5, 0.6) is 0 Å². The van der Waals surface area contributed by atoms with E-state index >= 15 is 0 Å². The van der Waals surface area contributed by atoms with Crippen LogP contribution in [0.2, 0.25) is 0 Å². The molecule has 1 N–H and O–H groups in total. The number of benzene rings is 1. The van der Waals surface area contributed by atoms with Gasteiger partial charge in [-0.25, -0.2) is 4.79 Å². The summed E-state index contributed by atoms with van der Waals surface area (Å²) in [5.41, 5.74) is 1.20. The zero-order valence-electron chi connectivity index (χ0n) is 9.84. The maximum Gasteiger partial charge on any atom is 0.336 e. The van der Waals surface area contributed by atoms with Gasteiger partial charge in [-0.05, 0) is 46.3 Å². The molecule has 0 fully saturated rings. The third-order valence-electron chi connectivity index (χ3n) is 3.00.